The highest BCUT2D eigenvalue weighted by Gasteiger charge is 2.13. The van der Waals surface area contributed by atoms with Gasteiger partial charge in [-0.2, -0.15) is 0 Å². The van der Waals surface area contributed by atoms with Crippen LogP contribution in [0.15, 0.2) is 55.1 Å². The van der Waals surface area contributed by atoms with Crippen LogP contribution in [-0.4, -0.2) is 34.5 Å². The Balaban J connectivity index is 1.65. The first-order chi connectivity index (χ1) is 13.2. The predicted octanol–water partition coefficient (Wildman–Crippen LogP) is 2.36. The number of aryl methyl sites for hydroxylation is 1. The Morgan fingerprint density at radius 2 is 1.85 bits per heavy atom. The van der Waals surface area contributed by atoms with Gasteiger partial charge in [0.2, 0.25) is 0 Å². The first-order valence-electron chi connectivity index (χ1n) is 8.39. The molecule has 27 heavy (non-hydrogen) atoms. The number of rotatable bonds is 8. The van der Waals surface area contributed by atoms with E-state index in [0.717, 1.165) is 16.8 Å². The number of nitrogens with zero attached hydrogens (tertiary/aromatic N) is 3. The van der Waals surface area contributed by atoms with Crippen molar-refractivity contribution in [2.24, 2.45) is 0 Å². The number of benzene rings is 2. The molecule has 140 valence electrons. The third-order valence-corrected chi connectivity index (χ3v) is 3.83. The number of hydrogen-bond donors (Lipinski definition) is 2. The van der Waals surface area contributed by atoms with Gasteiger partial charge in [-0.15, -0.1) is 10.2 Å². The van der Waals surface area contributed by atoms with Crippen LogP contribution in [0.1, 0.15) is 11.1 Å². The van der Waals surface area contributed by atoms with E-state index in [-0.39, 0.29) is 12.5 Å². The maximum Gasteiger partial charge on any atom is 0.262 e. The average Bonchev–Trinajstić information content (AvgIpc) is 3.20. The summed E-state index contributed by atoms with van der Waals surface area (Å²) in [7, 11) is 1.56. The Hall–Kier alpha value is -3.55. The lowest BCUT2D eigenvalue weighted by atomic mass is 10.2. The molecule has 2 aromatic carbocycles. The van der Waals surface area contributed by atoms with Gasteiger partial charge >= 0.3 is 0 Å². The molecule has 0 saturated carbocycles. The zero-order chi connectivity index (χ0) is 19.1. The molecule has 0 aliphatic carbocycles. The molecule has 0 radical (unpaired) electrons. The van der Waals surface area contributed by atoms with Gasteiger partial charge in [-0.3, -0.25) is 4.79 Å². The second-order valence-corrected chi connectivity index (χ2v) is 5.86. The molecule has 0 bridgehead atoms. The second-order valence-electron chi connectivity index (χ2n) is 5.86. The molecule has 3 aromatic rings. The van der Waals surface area contributed by atoms with Gasteiger partial charge in [0.05, 0.1) is 13.7 Å². The largest absolute Gasteiger partial charge is 0.493 e. The van der Waals surface area contributed by atoms with E-state index in [0.29, 0.717) is 18.0 Å². The van der Waals surface area contributed by atoms with Crippen molar-refractivity contribution in [2.75, 3.05) is 24.5 Å². The molecule has 8 heteroatoms. The summed E-state index contributed by atoms with van der Waals surface area (Å²) in [5, 5.41) is 10.3. The minimum atomic E-state index is -0.248. The number of carbonyl (C=O) groups excluding carboxylic acids is 1. The van der Waals surface area contributed by atoms with Gasteiger partial charge in [-0.05, 0) is 25.1 Å². The van der Waals surface area contributed by atoms with E-state index in [1.54, 1.807) is 30.5 Å². The quantitative estimate of drug-likeness (QED) is 0.635. The summed E-state index contributed by atoms with van der Waals surface area (Å²) >= 11 is 0. The normalized spacial score (nSPS) is 10.3. The molecule has 0 saturated heterocycles. The fourth-order valence-corrected chi connectivity index (χ4v) is 2.46. The van der Waals surface area contributed by atoms with Crippen LogP contribution >= 0.6 is 0 Å². The van der Waals surface area contributed by atoms with Crippen LogP contribution in [0.4, 0.5) is 5.69 Å². The van der Waals surface area contributed by atoms with Crippen LogP contribution in [-0.2, 0) is 11.3 Å². The van der Waals surface area contributed by atoms with Gasteiger partial charge in [0.25, 0.3) is 5.91 Å². The van der Waals surface area contributed by atoms with Gasteiger partial charge in [0.1, 0.15) is 12.7 Å². The van der Waals surface area contributed by atoms with Crippen molar-refractivity contribution >= 4 is 11.6 Å². The fraction of sp³-hybridized carbons (Fsp3) is 0.211. The molecular formula is C19H21N5O3. The monoisotopic (exact) mass is 367 g/mol. The topological polar surface area (TPSA) is 90.3 Å². The van der Waals surface area contributed by atoms with Crippen LogP contribution in [0.2, 0.25) is 0 Å². The summed E-state index contributed by atoms with van der Waals surface area (Å²) in [6.45, 7) is 2.31. The number of nitrogens with one attached hydrogen (secondary N) is 2. The minimum Gasteiger partial charge on any atom is -0.493 e. The summed E-state index contributed by atoms with van der Waals surface area (Å²) in [5.74, 6) is 0.823. The fourth-order valence-electron chi connectivity index (χ4n) is 2.46. The molecule has 2 N–H and O–H groups in total. The number of ether oxygens (including phenoxy) is 2. The zero-order valence-electron chi connectivity index (χ0n) is 15.2. The van der Waals surface area contributed by atoms with E-state index in [9.17, 15) is 4.79 Å². The van der Waals surface area contributed by atoms with Crippen molar-refractivity contribution in [3.63, 3.8) is 0 Å². The van der Waals surface area contributed by atoms with Gasteiger partial charge in [-0.1, -0.05) is 29.8 Å². The van der Waals surface area contributed by atoms with Crippen molar-refractivity contribution < 1.29 is 14.3 Å². The predicted molar refractivity (Wildman–Crippen MR) is 101 cm³/mol. The van der Waals surface area contributed by atoms with Crippen molar-refractivity contribution in [1.29, 1.82) is 0 Å². The third-order valence-electron chi connectivity index (χ3n) is 3.83. The van der Waals surface area contributed by atoms with Crippen molar-refractivity contribution in [3.8, 4) is 11.5 Å². The van der Waals surface area contributed by atoms with Crippen LogP contribution in [0.5, 0.6) is 11.5 Å². The van der Waals surface area contributed by atoms with E-state index >= 15 is 0 Å². The lowest BCUT2D eigenvalue weighted by Gasteiger charge is -2.16. The van der Waals surface area contributed by atoms with Gasteiger partial charge in [0, 0.05) is 11.3 Å². The number of aromatic nitrogens is 3. The molecule has 0 fully saturated rings. The van der Waals surface area contributed by atoms with E-state index < -0.39 is 0 Å². The highest BCUT2D eigenvalue weighted by molar-refractivity contribution is 5.91. The molecule has 0 spiro atoms. The van der Waals surface area contributed by atoms with Gasteiger partial charge in [-0.25, -0.2) is 4.68 Å². The lowest BCUT2D eigenvalue weighted by Crippen LogP contribution is -2.21. The number of methoxy groups -OCH3 is 1. The highest BCUT2D eigenvalue weighted by atomic mass is 16.5. The first-order valence-corrected chi connectivity index (χ1v) is 8.39. The Morgan fingerprint density at radius 3 is 2.56 bits per heavy atom. The van der Waals surface area contributed by atoms with Crippen molar-refractivity contribution in [2.45, 2.75) is 13.5 Å². The second kappa shape index (κ2) is 8.70. The molecule has 3 rings (SSSR count). The molecule has 0 unspecified atom stereocenters. The summed E-state index contributed by atoms with van der Waals surface area (Å²) in [5.41, 5.74) is 5.81. The summed E-state index contributed by atoms with van der Waals surface area (Å²) in [6.07, 6.45) is 3.10. The maximum atomic E-state index is 12.2. The lowest BCUT2D eigenvalue weighted by molar-refractivity contribution is -0.118. The standard InChI is InChI=1S/C19H21N5O3/c1-14-6-8-16(9-7-14)23-18(25)11-27-19-15(4-3-5-17(19)26-2)10-22-24-12-20-21-13-24/h3-9,12-13,22H,10-11H2,1-2H3,(H,23,25). The van der Waals surface area contributed by atoms with Gasteiger partial charge in [0.15, 0.2) is 18.1 Å². The number of amides is 1. The Labute approximate surface area is 157 Å². The molecule has 0 aliphatic rings. The molecule has 0 aliphatic heterocycles. The van der Waals surface area contributed by atoms with Crippen LogP contribution in [0.25, 0.3) is 0 Å². The molecule has 8 nitrogen and oxygen atoms in total. The Bertz CT molecular complexity index is 879. The van der Waals surface area contributed by atoms with Crippen molar-refractivity contribution in [3.05, 3.63) is 66.2 Å². The summed E-state index contributed by atoms with van der Waals surface area (Å²) in [4.78, 5) is 12.2. The first kappa shape index (κ1) is 18.2. The molecular weight excluding hydrogens is 346 g/mol. The molecule has 0 atom stereocenters. The van der Waals surface area contributed by atoms with E-state index in [1.165, 1.54) is 0 Å². The SMILES string of the molecule is COc1cccc(CNn2cnnc2)c1OCC(=O)Nc1ccc(C)cc1. The van der Waals surface area contributed by atoms with Crippen LogP contribution in [0.3, 0.4) is 0 Å². The maximum absolute atomic E-state index is 12.2. The number of carbonyl (C=O) groups is 1. The van der Waals surface area contributed by atoms with Crippen LogP contribution in [0, 0.1) is 6.92 Å². The minimum absolute atomic E-state index is 0.131. The Morgan fingerprint density at radius 1 is 1.11 bits per heavy atom. The molecule has 1 aromatic heterocycles. The summed E-state index contributed by atoms with van der Waals surface area (Å²) < 4.78 is 12.8. The van der Waals surface area contributed by atoms with E-state index in [4.69, 9.17) is 9.47 Å². The highest BCUT2D eigenvalue weighted by Crippen LogP contribution is 2.31. The third kappa shape index (κ3) is 4.97. The number of para-hydroxylation sites is 1. The zero-order valence-corrected chi connectivity index (χ0v) is 15.2. The van der Waals surface area contributed by atoms with Crippen LogP contribution < -0.4 is 20.2 Å². The number of hydrogen-bond acceptors (Lipinski definition) is 6. The van der Waals surface area contributed by atoms with Gasteiger partial charge < -0.3 is 20.2 Å². The smallest absolute Gasteiger partial charge is 0.262 e. The Kier molecular flexibility index (Phi) is 5.88. The average molecular weight is 367 g/mol. The molecule has 1 heterocycles. The summed E-state index contributed by atoms with van der Waals surface area (Å²) in [6, 6.07) is 13.1. The van der Waals surface area contributed by atoms with Crippen molar-refractivity contribution in [1.82, 2.24) is 14.9 Å². The number of anilines is 1. The molecule has 1 amide bonds. The van der Waals surface area contributed by atoms with E-state index in [1.807, 2.05) is 43.3 Å². The van der Waals surface area contributed by atoms with E-state index in [2.05, 4.69) is 20.9 Å².